The van der Waals surface area contributed by atoms with Gasteiger partial charge in [-0.25, -0.2) is 9.67 Å². The normalized spacial score (nSPS) is 10.8. The molecule has 27 heavy (non-hydrogen) atoms. The Labute approximate surface area is 159 Å². The number of aryl methyl sites for hydroxylation is 3. The van der Waals surface area contributed by atoms with Crippen LogP contribution in [0, 0.1) is 20.8 Å². The standard InChI is InChI=1S/C21H24N4O2/c1-14-6-9-17(10-7-14)20-23-19(21(26)22-11-12-27-4)24-25(20)18-13-15(2)5-8-16(18)3/h5-10,13H,11-12H2,1-4H3,(H,22,26). The van der Waals surface area contributed by atoms with Crippen LogP contribution in [0.15, 0.2) is 42.5 Å². The molecule has 0 bridgehead atoms. The Bertz CT molecular complexity index is 945. The van der Waals surface area contributed by atoms with Crippen LogP contribution in [0.4, 0.5) is 0 Å². The number of carbonyl (C=O) groups excluding carboxylic acids is 1. The number of hydrogen-bond acceptors (Lipinski definition) is 4. The van der Waals surface area contributed by atoms with E-state index in [0.717, 1.165) is 27.9 Å². The highest BCUT2D eigenvalue weighted by Crippen LogP contribution is 2.24. The minimum absolute atomic E-state index is 0.141. The molecule has 3 rings (SSSR count). The van der Waals surface area contributed by atoms with E-state index in [-0.39, 0.29) is 11.7 Å². The van der Waals surface area contributed by atoms with E-state index in [4.69, 9.17) is 4.74 Å². The van der Waals surface area contributed by atoms with Crippen LogP contribution in [0.1, 0.15) is 27.3 Å². The summed E-state index contributed by atoms with van der Waals surface area (Å²) in [4.78, 5) is 17.0. The van der Waals surface area contributed by atoms with Gasteiger partial charge in [-0.2, -0.15) is 0 Å². The Morgan fingerprint density at radius 2 is 1.78 bits per heavy atom. The van der Waals surface area contributed by atoms with Gasteiger partial charge in [-0.05, 0) is 38.0 Å². The zero-order valence-corrected chi connectivity index (χ0v) is 16.1. The Balaban J connectivity index is 2.08. The summed E-state index contributed by atoms with van der Waals surface area (Å²) in [5.74, 6) is 0.465. The van der Waals surface area contributed by atoms with Gasteiger partial charge in [-0.15, -0.1) is 5.10 Å². The number of rotatable bonds is 6. The van der Waals surface area contributed by atoms with Gasteiger partial charge in [0.05, 0.1) is 12.3 Å². The third-order valence-electron chi connectivity index (χ3n) is 4.30. The number of hydrogen-bond donors (Lipinski definition) is 1. The molecule has 1 aromatic heterocycles. The number of amides is 1. The van der Waals surface area contributed by atoms with E-state index in [2.05, 4.69) is 21.5 Å². The second kappa shape index (κ2) is 8.14. The van der Waals surface area contributed by atoms with E-state index in [1.165, 1.54) is 0 Å². The first-order valence-corrected chi connectivity index (χ1v) is 8.88. The molecule has 0 aliphatic rings. The first kappa shape index (κ1) is 18.8. The molecule has 0 saturated heterocycles. The quantitative estimate of drug-likeness (QED) is 0.682. The Morgan fingerprint density at radius 3 is 2.48 bits per heavy atom. The molecule has 0 atom stereocenters. The molecule has 0 unspecified atom stereocenters. The van der Waals surface area contributed by atoms with Crippen LogP contribution in [0.25, 0.3) is 17.1 Å². The lowest BCUT2D eigenvalue weighted by atomic mass is 10.1. The van der Waals surface area contributed by atoms with Gasteiger partial charge in [-0.1, -0.05) is 42.0 Å². The minimum Gasteiger partial charge on any atom is -0.383 e. The van der Waals surface area contributed by atoms with E-state index in [1.807, 2.05) is 57.2 Å². The van der Waals surface area contributed by atoms with E-state index >= 15 is 0 Å². The molecule has 0 aliphatic carbocycles. The maximum absolute atomic E-state index is 12.4. The fourth-order valence-electron chi connectivity index (χ4n) is 2.76. The molecule has 6 nitrogen and oxygen atoms in total. The van der Waals surface area contributed by atoms with Crippen LogP contribution in [-0.2, 0) is 4.74 Å². The molecule has 6 heteroatoms. The maximum atomic E-state index is 12.4. The molecule has 1 amide bonds. The largest absolute Gasteiger partial charge is 0.383 e. The maximum Gasteiger partial charge on any atom is 0.291 e. The highest BCUT2D eigenvalue weighted by molar-refractivity contribution is 5.91. The predicted molar refractivity (Wildman–Crippen MR) is 105 cm³/mol. The Morgan fingerprint density at radius 1 is 1.07 bits per heavy atom. The summed E-state index contributed by atoms with van der Waals surface area (Å²) in [5, 5.41) is 7.29. The summed E-state index contributed by atoms with van der Waals surface area (Å²) in [6.07, 6.45) is 0. The van der Waals surface area contributed by atoms with Gasteiger partial charge in [0.15, 0.2) is 5.82 Å². The summed E-state index contributed by atoms with van der Waals surface area (Å²) in [6.45, 7) is 6.94. The van der Waals surface area contributed by atoms with Gasteiger partial charge in [0.25, 0.3) is 5.91 Å². The molecule has 0 spiro atoms. The van der Waals surface area contributed by atoms with E-state index in [0.29, 0.717) is 19.0 Å². The molecule has 1 N–H and O–H groups in total. The van der Waals surface area contributed by atoms with Gasteiger partial charge in [0, 0.05) is 19.2 Å². The molecule has 0 fully saturated rings. The van der Waals surface area contributed by atoms with Crippen molar-refractivity contribution in [1.82, 2.24) is 20.1 Å². The molecule has 2 aromatic carbocycles. The first-order valence-electron chi connectivity index (χ1n) is 8.88. The van der Waals surface area contributed by atoms with Crippen molar-refractivity contribution in [2.24, 2.45) is 0 Å². The van der Waals surface area contributed by atoms with Crippen molar-refractivity contribution < 1.29 is 9.53 Å². The van der Waals surface area contributed by atoms with Crippen LogP contribution in [0.3, 0.4) is 0 Å². The third kappa shape index (κ3) is 4.23. The zero-order chi connectivity index (χ0) is 19.4. The Kier molecular flexibility index (Phi) is 5.66. The average Bonchev–Trinajstić information content (AvgIpc) is 3.09. The topological polar surface area (TPSA) is 69.0 Å². The third-order valence-corrected chi connectivity index (χ3v) is 4.30. The van der Waals surface area contributed by atoms with Gasteiger partial charge in [0.1, 0.15) is 0 Å². The minimum atomic E-state index is -0.315. The van der Waals surface area contributed by atoms with Crippen LogP contribution in [0.5, 0.6) is 0 Å². The monoisotopic (exact) mass is 364 g/mol. The highest BCUT2D eigenvalue weighted by atomic mass is 16.5. The molecular weight excluding hydrogens is 340 g/mol. The summed E-state index contributed by atoms with van der Waals surface area (Å²) in [6, 6.07) is 14.2. The lowest BCUT2D eigenvalue weighted by molar-refractivity contribution is 0.0927. The second-order valence-corrected chi connectivity index (χ2v) is 6.58. The van der Waals surface area contributed by atoms with Crippen molar-refractivity contribution >= 4 is 5.91 Å². The SMILES string of the molecule is COCCNC(=O)c1nc(-c2ccc(C)cc2)n(-c2cc(C)ccc2C)n1. The number of aromatic nitrogens is 3. The van der Waals surface area contributed by atoms with Crippen molar-refractivity contribution in [1.29, 1.82) is 0 Å². The number of nitrogens with one attached hydrogen (secondary N) is 1. The second-order valence-electron chi connectivity index (χ2n) is 6.58. The fourth-order valence-corrected chi connectivity index (χ4v) is 2.76. The number of carbonyl (C=O) groups is 1. The van der Waals surface area contributed by atoms with Crippen molar-refractivity contribution in [2.75, 3.05) is 20.3 Å². The van der Waals surface area contributed by atoms with Crippen LogP contribution in [0.2, 0.25) is 0 Å². The molecule has 0 radical (unpaired) electrons. The number of benzene rings is 2. The van der Waals surface area contributed by atoms with Crippen molar-refractivity contribution in [3.05, 3.63) is 65.0 Å². The molecule has 0 aliphatic heterocycles. The number of nitrogens with zero attached hydrogens (tertiary/aromatic N) is 3. The van der Waals surface area contributed by atoms with Gasteiger partial charge >= 0.3 is 0 Å². The Hall–Kier alpha value is -2.99. The van der Waals surface area contributed by atoms with Crippen LogP contribution in [-0.4, -0.2) is 40.9 Å². The van der Waals surface area contributed by atoms with Gasteiger partial charge < -0.3 is 10.1 Å². The smallest absolute Gasteiger partial charge is 0.291 e. The van der Waals surface area contributed by atoms with Crippen LogP contribution >= 0.6 is 0 Å². The molecule has 0 saturated carbocycles. The fraction of sp³-hybridized carbons (Fsp3) is 0.286. The van der Waals surface area contributed by atoms with E-state index < -0.39 is 0 Å². The van der Waals surface area contributed by atoms with E-state index in [9.17, 15) is 4.79 Å². The molecule has 140 valence electrons. The molecular formula is C21H24N4O2. The highest BCUT2D eigenvalue weighted by Gasteiger charge is 2.19. The van der Waals surface area contributed by atoms with Gasteiger partial charge in [-0.3, -0.25) is 4.79 Å². The van der Waals surface area contributed by atoms with Crippen molar-refractivity contribution in [3.8, 4) is 17.1 Å². The number of ether oxygens (including phenoxy) is 1. The summed E-state index contributed by atoms with van der Waals surface area (Å²) < 4.78 is 6.72. The van der Waals surface area contributed by atoms with Crippen molar-refractivity contribution in [3.63, 3.8) is 0 Å². The molecule has 1 heterocycles. The lowest BCUT2D eigenvalue weighted by Crippen LogP contribution is -2.28. The van der Waals surface area contributed by atoms with Gasteiger partial charge in [0.2, 0.25) is 5.82 Å². The molecule has 3 aromatic rings. The summed E-state index contributed by atoms with van der Waals surface area (Å²) in [5.41, 5.74) is 5.16. The van der Waals surface area contributed by atoms with Crippen LogP contribution < -0.4 is 5.32 Å². The number of methoxy groups -OCH3 is 1. The lowest BCUT2D eigenvalue weighted by Gasteiger charge is -2.10. The first-order chi connectivity index (χ1) is 13.0. The average molecular weight is 364 g/mol. The summed E-state index contributed by atoms with van der Waals surface area (Å²) in [7, 11) is 1.59. The van der Waals surface area contributed by atoms with Crippen molar-refractivity contribution in [2.45, 2.75) is 20.8 Å². The zero-order valence-electron chi connectivity index (χ0n) is 16.1. The predicted octanol–water partition coefficient (Wildman–Crippen LogP) is 3.24. The van der Waals surface area contributed by atoms with E-state index in [1.54, 1.807) is 11.8 Å². The summed E-state index contributed by atoms with van der Waals surface area (Å²) >= 11 is 0.